The van der Waals surface area contributed by atoms with Crippen LogP contribution in [-0.2, 0) is 6.42 Å². The molecule has 0 atom stereocenters. The van der Waals surface area contributed by atoms with Crippen molar-refractivity contribution in [2.75, 3.05) is 0 Å². The van der Waals surface area contributed by atoms with E-state index in [9.17, 15) is 4.39 Å². The first-order chi connectivity index (χ1) is 4.74. The van der Waals surface area contributed by atoms with Crippen molar-refractivity contribution in [3.63, 3.8) is 0 Å². The van der Waals surface area contributed by atoms with E-state index in [1.165, 1.54) is 18.2 Å². The molecule has 0 heterocycles. The second kappa shape index (κ2) is 2.69. The smallest absolute Gasteiger partial charge is 0.123 e. The van der Waals surface area contributed by atoms with Crippen LogP contribution in [0.1, 0.15) is 5.56 Å². The first kappa shape index (κ1) is 7.06. The van der Waals surface area contributed by atoms with Crippen LogP contribution in [-0.4, -0.2) is 5.11 Å². The Balaban J connectivity index is 3.09. The van der Waals surface area contributed by atoms with Crippen molar-refractivity contribution in [3.05, 3.63) is 36.5 Å². The van der Waals surface area contributed by atoms with Gasteiger partial charge < -0.3 is 5.11 Å². The molecule has 2 heteroatoms. The lowest BCUT2D eigenvalue weighted by molar-refractivity contribution is 0.467. The van der Waals surface area contributed by atoms with Crippen LogP contribution in [0.3, 0.4) is 0 Å². The third kappa shape index (κ3) is 1.26. The van der Waals surface area contributed by atoms with E-state index in [0.29, 0.717) is 12.0 Å². The molecular weight excluding hydrogens is 131 g/mol. The molecule has 0 fully saturated rings. The Morgan fingerprint density at radius 2 is 2.20 bits per heavy atom. The van der Waals surface area contributed by atoms with E-state index in [1.54, 1.807) is 0 Å². The van der Waals surface area contributed by atoms with Gasteiger partial charge in [0.1, 0.15) is 11.6 Å². The minimum Gasteiger partial charge on any atom is -0.508 e. The number of phenols is 1. The molecule has 0 aromatic heterocycles. The highest BCUT2D eigenvalue weighted by Crippen LogP contribution is 2.17. The summed E-state index contributed by atoms with van der Waals surface area (Å²) >= 11 is 0. The predicted octanol–water partition coefficient (Wildman–Crippen LogP) is 1.91. The van der Waals surface area contributed by atoms with E-state index in [2.05, 4.69) is 6.92 Å². The molecule has 0 saturated carbocycles. The third-order valence-electron chi connectivity index (χ3n) is 1.31. The number of hydrogen-bond donors (Lipinski definition) is 1. The molecule has 1 aromatic rings. The van der Waals surface area contributed by atoms with Crippen molar-refractivity contribution >= 4 is 0 Å². The lowest BCUT2D eigenvalue weighted by Crippen LogP contribution is -1.82. The van der Waals surface area contributed by atoms with Gasteiger partial charge in [-0.3, -0.25) is 0 Å². The topological polar surface area (TPSA) is 20.2 Å². The summed E-state index contributed by atoms with van der Waals surface area (Å²) < 4.78 is 12.4. The SMILES string of the molecule is [CH2]Cc1cc(F)ccc1O. The van der Waals surface area contributed by atoms with E-state index in [1.807, 2.05) is 0 Å². The maximum atomic E-state index is 12.4. The van der Waals surface area contributed by atoms with Gasteiger partial charge in [-0.15, -0.1) is 0 Å². The highest BCUT2D eigenvalue weighted by molar-refractivity contribution is 5.32. The first-order valence-corrected chi connectivity index (χ1v) is 3.00. The standard InChI is InChI=1S/C8H8FO/c1-2-6-5-7(9)3-4-8(6)10/h3-5,10H,1-2H2. The first-order valence-electron chi connectivity index (χ1n) is 3.00. The van der Waals surface area contributed by atoms with E-state index in [-0.39, 0.29) is 11.6 Å². The molecule has 0 spiro atoms. The second-order valence-corrected chi connectivity index (χ2v) is 2.02. The van der Waals surface area contributed by atoms with Crippen LogP contribution in [0, 0.1) is 12.7 Å². The van der Waals surface area contributed by atoms with Gasteiger partial charge in [0.2, 0.25) is 0 Å². The van der Waals surface area contributed by atoms with Gasteiger partial charge >= 0.3 is 0 Å². The zero-order chi connectivity index (χ0) is 7.56. The Kier molecular flexibility index (Phi) is 1.90. The largest absolute Gasteiger partial charge is 0.508 e. The molecule has 0 amide bonds. The average molecular weight is 139 g/mol. The number of halogens is 1. The summed E-state index contributed by atoms with van der Waals surface area (Å²) in [4.78, 5) is 0. The molecule has 53 valence electrons. The average Bonchev–Trinajstić information content (AvgIpc) is 1.94. The van der Waals surface area contributed by atoms with Crippen LogP contribution in [0.5, 0.6) is 5.75 Å². The molecule has 0 unspecified atom stereocenters. The fourth-order valence-electron chi connectivity index (χ4n) is 0.754. The van der Waals surface area contributed by atoms with Gasteiger partial charge in [-0.25, -0.2) is 4.39 Å². The minimum absolute atomic E-state index is 0.108. The second-order valence-electron chi connectivity index (χ2n) is 2.02. The maximum absolute atomic E-state index is 12.4. The summed E-state index contributed by atoms with van der Waals surface area (Å²) in [7, 11) is 0. The normalized spacial score (nSPS) is 9.80. The van der Waals surface area contributed by atoms with Crippen LogP contribution in [0.25, 0.3) is 0 Å². The number of hydrogen-bond acceptors (Lipinski definition) is 1. The Morgan fingerprint density at radius 1 is 1.50 bits per heavy atom. The number of phenolic OH excluding ortho intramolecular Hbond substituents is 1. The fourth-order valence-corrected chi connectivity index (χ4v) is 0.754. The van der Waals surface area contributed by atoms with Gasteiger partial charge in [-0.05, 0) is 37.1 Å². The fraction of sp³-hybridized carbons (Fsp3) is 0.125. The van der Waals surface area contributed by atoms with Gasteiger partial charge in [0, 0.05) is 0 Å². The number of aromatic hydroxyl groups is 1. The molecule has 0 aliphatic heterocycles. The molecule has 0 aliphatic rings. The summed E-state index contributed by atoms with van der Waals surface area (Å²) in [5, 5.41) is 9.03. The van der Waals surface area contributed by atoms with Crippen molar-refractivity contribution < 1.29 is 9.50 Å². The molecule has 0 aliphatic carbocycles. The van der Waals surface area contributed by atoms with Crippen molar-refractivity contribution in [2.45, 2.75) is 6.42 Å². The van der Waals surface area contributed by atoms with Gasteiger partial charge in [-0.2, -0.15) is 0 Å². The van der Waals surface area contributed by atoms with E-state index in [0.717, 1.165) is 0 Å². The van der Waals surface area contributed by atoms with Crippen LogP contribution in [0.15, 0.2) is 18.2 Å². The quantitative estimate of drug-likeness (QED) is 0.630. The predicted molar refractivity (Wildman–Crippen MR) is 37.1 cm³/mol. The zero-order valence-corrected chi connectivity index (χ0v) is 5.47. The molecule has 0 saturated heterocycles. The third-order valence-corrected chi connectivity index (χ3v) is 1.31. The summed E-state index contributed by atoms with van der Waals surface area (Å²) in [6.07, 6.45) is 0.406. The summed E-state index contributed by atoms with van der Waals surface area (Å²) in [6, 6.07) is 3.83. The van der Waals surface area contributed by atoms with Gasteiger partial charge in [-0.1, -0.05) is 0 Å². The molecule has 1 nitrogen and oxygen atoms in total. The highest BCUT2D eigenvalue weighted by atomic mass is 19.1. The number of rotatable bonds is 1. The van der Waals surface area contributed by atoms with Crippen LogP contribution < -0.4 is 0 Å². The Morgan fingerprint density at radius 3 is 2.70 bits per heavy atom. The highest BCUT2D eigenvalue weighted by Gasteiger charge is 1.98. The summed E-state index contributed by atoms with van der Waals surface area (Å²) in [5.74, 6) is -0.229. The Labute approximate surface area is 59.1 Å². The number of benzene rings is 1. The Hall–Kier alpha value is -1.05. The van der Waals surface area contributed by atoms with E-state index < -0.39 is 0 Å². The lowest BCUT2D eigenvalue weighted by Gasteiger charge is -1.98. The van der Waals surface area contributed by atoms with Gasteiger partial charge in [0.05, 0.1) is 0 Å². The monoisotopic (exact) mass is 139 g/mol. The van der Waals surface area contributed by atoms with Crippen molar-refractivity contribution in [1.29, 1.82) is 0 Å². The zero-order valence-electron chi connectivity index (χ0n) is 5.47. The van der Waals surface area contributed by atoms with Crippen LogP contribution in [0.2, 0.25) is 0 Å². The van der Waals surface area contributed by atoms with Crippen molar-refractivity contribution in [2.24, 2.45) is 0 Å². The van der Waals surface area contributed by atoms with E-state index in [4.69, 9.17) is 5.11 Å². The molecule has 0 bridgehead atoms. The van der Waals surface area contributed by atoms with Crippen molar-refractivity contribution in [3.8, 4) is 5.75 Å². The van der Waals surface area contributed by atoms with Crippen LogP contribution >= 0.6 is 0 Å². The van der Waals surface area contributed by atoms with Gasteiger partial charge in [0.25, 0.3) is 0 Å². The molecule has 1 radical (unpaired) electrons. The maximum Gasteiger partial charge on any atom is 0.123 e. The van der Waals surface area contributed by atoms with Gasteiger partial charge in [0.15, 0.2) is 0 Å². The minimum atomic E-state index is -0.337. The molecule has 1 N–H and O–H groups in total. The Bertz CT molecular complexity index is 233. The van der Waals surface area contributed by atoms with Crippen LogP contribution in [0.4, 0.5) is 4.39 Å². The van der Waals surface area contributed by atoms with E-state index >= 15 is 0 Å². The summed E-state index contributed by atoms with van der Waals surface area (Å²) in [6.45, 7) is 3.53. The van der Waals surface area contributed by atoms with Crippen molar-refractivity contribution in [1.82, 2.24) is 0 Å². The molecule has 1 rings (SSSR count). The molecule has 10 heavy (non-hydrogen) atoms. The molecule has 1 aromatic carbocycles. The lowest BCUT2D eigenvalue weighted by atomic mass is 10.1. The molecular formula is C8H8FO. The summed E-state index contributed by atoms with van der Waals surface area (Å²) in [5.41, 5.74) is 0.542.